The lowest BCUT2D eigenvalue weighted by Crippen LogP contribution is -2.44. The van der Waals surface area contributed by atoms with E-state index in [1.165, 1.54) is 30.1 Å². The molecule has 0 radical (unpaired) electrons. The molecule has 1 amide bonds. The molecule has 1 aliphatic heterocycles. The number of fused-ring (bicyclic) bond motifs is 1. The lowest BCUT2D eigenvalue weighted by molar-refractivity contribution is -0.133. The third-order valence-electron chi connectivity index (χ3n) is 6.51. The second-order valence-electron chi connectivity index (χ2n) is 8.57. The maximum Gasteiger partial charge on any atom is 0.337 e. The molecule has 0 aliphatic carbocycles. The monoisotopic (exact) mass is 471 g/mol. The predicted molar refractivity (Wildman–Crippen MR) is 129 cm³/mol. The summed E-state index contributed by atoms with van der Waals surface area (Å²) < 4.78 is 13.3. The van der Waals surface area contributed by atoms with E-state index >= 15 is 0 Å². The van der Waals surface area contributed by atoms with E-state index in [0.717, 1.165) is 27.8 Å². The molecule has 0 atom stereocenters. The summed E-state index contributed by atoms with van der Waals surface area (Å²) in [5.74, 6) is 1.36. The highest BCUT2D eigenvalue weighted by Crippen LogP contribution is 2.30. The molecular formula is C24H29N3O5S. The van der Waals surface area contributed by atoms with Gasteiger partial charge in [0.25, 0.3) is 5.56 Å². The summed E-state index contributed by atoms with van der Waals surface area (Å²) in [6, 6.07) is 4.92. The summed E-state index contributed by atoms with van der Waals surface area (Å²) in [5, 5.41) is 0.454. The third-order valence-corrected chi connectivity index (χ3v) is 7.74. The van der Waals surface area contributed by atoms with Crippen molar-refractivity contribution >= 4 is 27.5 Å². The number of benzene rings is 1. The van der Waals surface area contributed by atoms with Crippen LogP contribution in [0.2, 0.25) is 0 Å². The van der Waals surface area contributed by atoms with Gasteiger partial charge in [-0.25, -0.2) is 9.36 Å². The van der Waals surface area contributed by atoms with Crippen LogP contribution in [0.25, 0.3) is 15.9 Å². The van der Waals surface area contributed by atoms with Crippen molar-refractivity contribution < 1.29 is 14.3 Å². The Kier molecular flexibility index (Phi) is 6.34. The molecule has 0 spiro atoms. The Balaban J connectivity index is 1.91. The number of carbonyl (C=O) groups excluding carboxylic acids is 1. The van der Waals surface area contributed by atoms with Crippen molar-refractivity contribution in [1.29, 1.82) is 0 Å². The van der Waals surface area contributed by atoms with E-state index in [1.807, 2.05) is 18.7 Å². The number of hydrogen-bond acceptors (Lipinski definition) is 6. The van der Waals surface area contributed by atoms with Crippen LogP contribution in [0.3, 0.4) is 0 Å². The minimum atomic E-state index is -0.559. The van der Waals surface area contributed by atoms with Gasteiger partial charge >= 0.3 is 5.69 Å². The average molecular weight is 472 g/mol. The van der Waals surface area contributed by atoms with E-state index < -0.39 is 11.2 Å². The van der Waals surface area contributed by atoms with Crippen molar-refractivity contribution in [1.82, 2.24) is 14.0 Å². The van der Waals surface area contributed by atoms with E-state index in [9.17, 15) is 14.4 Å². The normalized spacial score (nSPS) is 14.6. The number of aryl methyl sites for hydroxylation is 2. The summed E-state index contributed by atoms with van der Waals surface area (Å²) in [4.78, 5) is 43.7. The van der Waals surface area contributed by atoms with Crippen LogP contribution in [0.4, 0.5) is 0 Å². The molecule has 0 N–H and O–H groups in total. The van der Waals surface area contributed by atoms with Gasteiger partial charge in [0.05, 0.1) is 25.3 Å². The summed E-state index contributed by atoms with van der Waals surface area (Å²) in [6.45, 7) is 7.24. The van der Waals surface area contributed by atoms with E-state index in [2.05, 4.69) is 6.92 Å². The fourth-order valence-corrected chi connectivity index (χ4v) is 5.41. The maximum atomic E-state index is 13.7. The number of ether oxygens (including phenoxy) is 2. The number of amides is 1. The molecule has 0 bridgehead atoms. The van der Waals surface area contributed by atoms with Gasteiger partial charge < -0.3 is 14.4 Å². The Morgan fingerprint density at radius 2 is 1.82 bits per heavy atom. The molecule has 0 saturated carbocycles. The lowest BCUT2D eigenvalue weighted by atomic mass is 9.99. The summed E-state index contributed by atoms with van der Waals surface area (Å²) in [6.07, 6.45) is 1.91. The first kappa shape index (κ1) is 23.1. The second kappa shape index (κ2) is 9.05. The van der Waals surface area contributed by atoms with Crippen molar-refractivity contribution in [2.75, 3.05) is 27.3 Å². The Morgan fingerprint density at radius 3 is 2.45 bits per heavy atom. The molecule has 1 fully saturated rings. The van der Waals surface area contributed by atoms with Gasteiger partial charge in [0, 0.05) is 24.0 Å². The lowest BCUT2D eigenvalue weighted by Gasteiger charge is -2.30. The molecule has 8 nitrogen and oxygen atoms in total. The average Bonchev–Trinajstić information content (AvgIpc) is 3.11. The zero-order valence-corrected chi connectivity index (χ0v) is 20.5. The number of rotatable bonds is 5. The maximum absolute atomic E-state index is 13.7. The zero-order valence-electron chi connectivity index (χ0n) is 19.6. The van der Waals surface area contributed by atoms with Crippen LogP contribution in [-0.4, -0.2) is 47.3 Å². The predicted octanol–water partition coefficient (Wildman–Crippen LogP) is 3.11. The van der Waals surface area contributed by atoms with Gasteiger partial charge in [-0.3, -0.25) is 14.2 Å². The summed E-state index contributed by atoms with van der Waals surface area (Å²) >= 11 is 1.37. The van der Waals surface area contributed by atoms with Crippen LogP contribution in [0.15, 0.2) is 27.8 Å². The molecule has 1 saturated heterocycles. The molecule has 0 unspecified atom stereocenters. The summed E-state index contributed by atoms with van der Waals surface area (Å²) in [5.41, 5.74) is 0.146. The fourth-order valence-electron chi connectivity index (χ4n) is 4.27. The van der Waals surface area contributed by atoms with Crippen LogP contribution < -0.4 is 20.7 Å². The number of methoxy groups -OCH3 is 2. The third kappa shape index (κ3) is 4.06. The molecule has 2 aromatic heterocycles. The number of piperidine rings is 1. The first-order chi connectivity index (χ1) is 15.8. The number of hydrogen-bond donors (Lipinski definition) is 0. The highest BCUT2D eigenvalue weighted by atomic mass is 32.1. The zero-order chi connectivity index (χ0) is 23.9. The molecule has 1 aliphatic rings. The first-order valence-corrected chi connectivity index (χ1v) is 11.8. The topological polar surface area (TPSA) is 82.8 Å². The van der Waals surface area contributed by atoms with Crippen molar-refractivity contribution in [2.24, 2.45) is 5.92 Å². The quantitative estimate of drug-likeness (QED) is 0.571. The van der Waals surface area contributed by atoms with Gasteiger partial charge in [-0.2, -0.15) is 0 Å². The molecule has 176 valence electrons. The minimum absolute atomic E-state index is 0.109. The van der Waals surface area contributed by atoms with Crippen molar-refractivity contribution in [3.05, 3.63) is 49.5 Å². The van der Waals surface area contributed by atoms with Crippen molar-refractivity contribution in [3.8, 4) is 17.2 Å². The number of thiophene rings is 1. The van der Waals surface area contributed by atoms with Crippen LogP contribution in [-0.2, 0) is 11.3 Å². The van der Waals surface area contributed by atoms with Crippen LogP contribution in [0.5, 0.6) is 11.5 Å². The standard InChI is InChI=1S/C24H29N3O5S/c1-14-8-10-25(11-9-14)20(28)13-26-23-21(15(2)16(3)33-23)22(29)27(24(26)30)18-7-6-17(31-4)12-19(18)32-5/h6-7,12,14H,8-11,13H2,1-5H3. The van der Waals surface area contributed by atoms with Crippen molar-refractivity contribution in [2.45, 2.75) is 40.2 Å². The minimum Gasteiger partial charge on any atom is -0.497 e. The SMILES string of the molecule is COc1ccc(-n2c(=O)c3c(C)c(C)sc3n(CC(=O)N3CCC(C)CC3)c2=O)c(OC)c1. The largest absolute Gasteiger partial charge is 0.497 e. The van der Waals surface area contributed by atoms with E-state index in [4.69, 9.17) is 9.47 Å². The van der Waals surface area contributed by atoms with Gasteiger partial charge in [-0.1, -0.05) is 6.92 Å². The Labute approximate surface area is 196 Å². The summed E-state index contributed by atoms with van der Waals surface area (Å²) in [7, 11) is 3.01. The van der Waals surface area contributed by atoms with Gasteiger partial charge in [-0.05, 0) is 50.3 Å². The second-order valence-corrected chi connectivity index (χ2v) is 9.78. The first-order valence-electron chi connectivity index (χ1n) is 11.0. The molecular weight excluding hydrogens is 442 g/mol. The number of nitrogens with zero attached hydrogens (tertiary/aromatic N) is 3. The van der Waals surface area contributed by atoms with Crippen LogP contribution >= 0.6 is 11.3 Å². The molecule has 9 heteroatoms. The van der Waals surface area contributed by atoms with Crippen LogP contribution in [0.1, 0.15) is 30.2 Å². The van der Waals surface area contributed by atoms with Gasteiger partial charge in [0.2, 0.25) is 5.91 Å². The molecule has 1 aromatic carbocycles. The van der Waals surface area contributed by atoms with Crippen molar-refractivity contribution in [3.63, 3.8) is 0 Å². The molecule has 3 aromatic rings. The van der Waals surface area contributed by atoms with E-state index in [0.29, 0.717) is 46.4 Å². The Morgan fingerprint density at radius 1 is 1.12 bits per heavy atom. The number of carbonyl (C=O) groups is 1. The number of aromatic nitrogens is 2. The van der Waals surface area contributed by atoms with Gasteiger partial charge in [-0.15, -0.1) is 11.3 Å². The fraction of sp³-hybridized carbons (Fsp3) is 0.458. The van der Waals surface area contributed by atoms with Crippen LogP contribution in [0, 0.1) is 19.8 Å². The smallest absolute Gasteiger partial charge is 0.337 e. The molecule has 3 heterocycles. The van der Waals surface area contributed by atoms with Gasteiger partial charge in [0.1, 0.15) is 22.9 Å². The Hall–Kier alpha value is -3.07. The molecule has 33 heavy (non-hydrogen) atoms. The highest BCUT2D eigenvalue weighted by Gasteiger charge is 2.25. The van der Waals surface area contributed by atoms with E-state index in [1.54, 1.807) is 18.2 Å². The number of likely N-dealkylation sites (tertiary alicyclic amines) is 1. The van der Waals surface area contributed by atoms with Gasteiger partial charge in [0.15, 0.2) is 0 Å². The Bertz CT molecular complexity index is 1330. The van der Waals surface area contributed by atoms with E-state index in [-0.39, 0.29) is 12.5 Å². The highest BCUT2D eigenvalue weighted by molar-refractivity contribution is 7.18. The molecule has 4 rings (SSSR count).